The van der Waals surface area contributed by atoms with Crippen LogP contribution in [0.1, 0.15) is 284 Å². The van der Waals surface area contributed by atoms with Gasteiger partial charge in [-0.25, -0.2) is 0 Å². The molecular weight excluding hydrogens is 865 g/mol. The van der Waals surface area contributed by atoms with Crippen molar-refractivity contribution in [3.05, 3.63) is 85.1 Å². The number of hydrogen-bond donors (Lipinski definition) is 0. The number of ether oxygens (including phenoxy) is 3. The Bertz CT molecular complexity index is 1350. The molecule has 6 nitrogen and oxygen atoms in total. The minimum absolute atomic E-state index is 0.101. The van der Waals surface area contributed by atoms with E-state index >= 15 is 0 Å². The smallest absolute Gasteiger partial charge is 0.306 e. The van der Waals surface area contributed by atoms with E-state index in [-0.39, 0.29) is 37.5 Å². The normalized spacial score (nSPS) is 12.7. The molecule has 0 aliphatic heterocycles. The number of allylic oxidation sites excluding steroid dienone is 14. The lowest BCUT2D eigenvalue weighted by Gasteiger charge is -2.18. The van der Waals surface area contributed by atoms with Gasteiger partial charge >= 0.3 is 17.9 Å². The predicted octanol–water partition coefficient (Wildman–Crippen LogP) is 19.9. The molecule has 0 amide bonds. The van der Waals surface area contributed by atoms with Crippen LogP contribution >= 0.6 is 0 Å². The van der Waals surface area contributed by atoms with E-state index in [0.717, 1.165) is 103 Å². The Balaban J connectivity index is 4.32. The Kier molecular flexibility index (Phi) is 55.3. The minimum atomic E-state index is -0.809. The van der Waals surface area contributed by atoms with Crippen molar-refractivity contribution in [1.29, 1.82) is 0 Å². The van der Waals surface area contributed by atoms with Crippen molar-refractivity contribution in [2.75, 3.05) is 13.2 Å². The highest BCUT2D eigenvalue weighted by molar-refractivity contribution is 5.71. The van der Waals surface area contributed by atoms with Crippen LogP contribution in [0.2, 0.25) is 0 Å². The highest BCUT2D eigenvalue weighted by Crippen LogP contribution is 2.17. The van der Waals surface area contributed by atoms with Gasteiger partial charge in [-0.3, -0.25) is 14.4 Å². The van der Waals surface area contributed by atoms with Gasteiger partial charge in [-0.2, -0.15) is 0 Å². The molecule has 0 bridgehead atoms. The molecule has 0 rings (SSSR count). The van der Waals surface area contributed by atoms with Gasteiger partial charge < -0.3 is 14.2 Å². The minimum Gasteiger partial charge on any atom is -0.462 e. The Morgan fingerprint density at radius 3 is 0.900 bits per heavy atom. The Hall–Kier alpha value is -3.41. The van der Waals surface area contributed by atoms with Gasteiger partial charge in [0.2, 0.25) is 0 Å². The number of hydrogen-bond acceptors (Lipinski definition) is 6. The summed E-state index contributed by atoms with van der Waals surface area (Å²) in [6, 6.07) is 0. The van der Waals surface area contributed by atoms with Crippen LogP contribution in [-0.4, -0.2) is 37.2 Å². The summed E-state index contributed by atoms with van der Waals surface area (Å²) in [6.07, 6.45) is 76.0. The summed E-state index contributed by atoms with van der Waals surface area (Å²) >= 11 is 0. The summed E-state index contributed by atoms with van der Waals surface area (Å²) in [4.78, 5) is 38.1. The maximum atomic E-state index is 12.8. The number of carbonyl (C=O) groups is 3. The zero-order chi connectivity index (χ0) is 50.7. The molecule has 70 heavy (non-hydrogen) atoms. The van der Waals surface area contributed by atoms with Gasteiger partial charge in [0.1, 0.15) is 13.2 Å². The lowest BCUT2D eigenvalue weighted by molar-refractivity contribution is -0.167. The van der Waals surface area contributed by atoms with Crippen molar-refractivity contribution in [3.63, 3.8) is 0 Å². The van der Waals surface area contributed by atoms with Crippen LogP contribution < -0.4 is 0 Å². The maximum Gasteiger partial charge on any atom is 0.306 e. The standard InChI is InChI=1S/C64H110O6/c1-4-7-10-13-16-19-22-25-27-28-29-30-31-32-33-34-35-37-39-42-45-48-51-54-57-63(66)69-60-61(59-68-62(65)56-53-50-47-44-41-38-24-21-18-15-12-9-6-3)70-64(67)58-55-52-49-46-43-40-36-26-23-20-17-14-11-8-5-2/h8-9,11-12,17-18,20-21,26,36,38,41,43,46,61H,4-7,10,13-16,19,22-25,27-35,37,39-40,42,44-45,47-60H2,1-3H3/b11-8-,12-9-,20-17-,21-18-,36-26-,41-38-,46-43-. The van der Waals surface area contributed by atoms with E-state index in [1.165, 1.54) is 135 Å². The molecule has 0 N–H and O–H groups in total. The van der Waals surface area contributed by atoms with Crippen molar-refractivity contribution in [2.45, 2.75) is 290 Å². The van der Waals surface area contributed by atoms with Crippen LogP contribution in [0.3, 0.4) is 0 Å². The van der Waals surface area contributed by atoms with E-state index in [1.807, 2.05) is 0 Å². The predicted molar refractivity (Wildman–Crippen MR) is 302 cm³/mol. The summed E-state index contributed by atoms with van der Waals surface area (Å²) in [5.41, 5.74) is 0. The summed E-state index contributed by atoms with van der Waals surface area (Å²) in [6.45, 7) is 6.37. The van der Waals surface area contributed by atoms with Crippen LogP contribution in [0.25, 0.3) is 0 Å². The highest BCUT2D eigenvalue weighted by Gasteiger charge is 2.19. The molecule has 0 saturated carbocycles. The van der Waals surface area contributed by atoms with E-state index in [1.54, 1.807) is 0 Å². The quantitative estimate of drug-likeness (QED) is 0.0261. The SMILES string of the molecule is CC/C=C\C/C=C\C/C=C\C/C=C\CCCCC(=O)OC(COC(=O)CCCCC/C=C\C/C=C\C/C=C\CC)COC(=O)CCCCCCCCCCCCCCCCCCCCCCCCCC. The van der Waals surface area contributed by atoms with Gasteiger partial charge in [-0.05, 0) is 89.9 Å². The summed E-state index contributed by atoms with van der Waals surface area (Å²) in [5.74, 6) is -0.967. The monoisotopic (exact) mass is 975 g/mol. The average Bonchev–Trinajstić information content (AvgIpc) is 3.36. The van der Waals surface area contributed by atoms with Crippen LogP contribution in [-0.2, 0) is 28.6 Å². The Morgan fingerprint density at radius 2 is 0.557 bits per heavy atom. The van der Waals surface area contributed by atoms with Crippen molar-refractivity contribution in [2.24, 2.45) is 0 Å². The topological polar surface area (TPSA) is 78.9 Å². The first-order valence-corrected chi connectivity index (χ1v) is 29.6. The molecule has 0 radical (unpaired) electrons. The molecule has 0 aromatic carbocycles. The van der Waals surface area contributed by atoms with E-state index in [9.17, 15) is 14.4 Å². The largest absolute Gasteiger partial charge is 0.462 e. The molecule has 0 aromatic heterocycles. The third-order valence-electron chi connectivity index (χ3n) is 12.6. The van der Waals surface area contributed by atoms with E-state index in [0.29, 0.717) is 19.3 Å². The third kappa shape index (κ3) is 55.5. The molecule has 1 unspecified atom stereocenters. The molecule has 0 fully saturated rings. The first-order valence-electron chi connectivity index (χ1n) is 29.6. The van der Waals surface area contributed by atoms with Crippen molar-refractivity contribution >= 4 is 17.9 Å². The van der Waals surface area contributed by atoms with E-state index in [4.69, 9.17) is 14.2 Å². The molecule has 6 heteroatoms. The zero-order valence-corrected chi connectivity index (χ0v) is 46.0. The summed E-state index contributed by atoms with van der Waals surface area (Å²) < 4.78 is 16.8. The number of unbranched alkanes of at least 4 members (excludes halogenated alkanes) is 28. The average molecular weight is 976 g/mol. The maximum absolute atomic E-state index is 12.8. The number of carbonyl (C=O) groups excluding carboxylic acids is 3. The fraction of sp³-hybridized carbons (Fsp3) is 0.734. The van der Waals surface area contributed by atoms with Gasteiger partial charge in [0.25, 0.3) is 0 Å². The number of rotatable bonds is 53. The molecule has 0 heterocycles. The molecule has 0 aliphatic carbocycles. The van der Waals surface area contributed by atoms with Crippen LogP contribution in [0.5, 0.6) is 0 Å². The second kappa shape index (κ2) is 58.2. The second-order valence-corrected chi connectivity index (χ2v) is 19.5. The van der Waals surface area contributed by atoms with Gasteiger partial charge in [-0.1, -0.05) is 260 Å². The van der Waals surface area contributed by atoms with Crippen LogP contribution in [0.15, 0.2) is 85.1 Å². The van der Waals surface area contributed by atoms with Gasteiger partial charge in [0.05, 0.1) is 0 Å². The number of esters is 3. The fourth-order valence-electron chi connectivity index (χ4n) is 8.27. The Morgan fingerprint density at radius 1 is 0.300 bits per heavy atom. The Labute approximate surface area is 433 Å². The van der Waals surface area contributed by atoms with Crippen molar-refractivity contribution in [1.82, 2.24) is 0 Å². The highest BCUT2D eigenvalue weighted by atomic mass is 16.6. The van der Waals surface area contributed by atoms with Gasteiger partial charge in [-0.15, -0.1) is 0 Å². The van der Waals surface area contributed by atoms with Gasteiger partial charge in [0.15, 0.2) is 6.10 Å². The van der Waals surface area contributed by atoms with Crippen molar-refractivity contribution < 1.29 is 28.6 Å². The van der Waals surface area contributed by atoms with Crippen LogP contribution in [0.4, 0.5) is 0 Å². The van der Waals surface area contributed by atoms with E-state index < -0.39 is 6.10 Å². The lowest BCUT2D eigenvalue weighted by Crippen LogP contribution is -2.30. The molecule has 1 atom stereocenters. The van der Waals surface area contributed by atoms with Crippen molar-refractivity contribution in [3.8, 4) is 0 Å². The molecule has 402 valence electrons. The second-order valence-electron chi connectivity index (χ2n) is 19.5. The zero-order valence-electron chi connectivity index (χ0n) is 46.0. The van der Waals surface area contributed by atoms with Crippen LogP contribution in [0, 0.1) is 0 Å². The molecule has 0 aliphatic rings. The summed E-state index contributed by atoms with van der Waals surface area (Å²) in [7, 11) is 0. The fourth-order valence-corrected chi connectivity index (χ4v) is 8.27. The molecule has 0 spiro atoms. The molecular formula is C64H110O6. The molecule has 0 saturated heterocycles. The van der Waals surface area contributed by atoms with Gasteiger partial charge in [0, 0.05) is 19.3 Å². The first kappa shape index (κ1) is 66.6. The summed E-state index contributed by atoms with van der Waals surface area (Å²) in [5, 5.41) is 0. The first-order chi connectivity index (χ1) is 34.5. The molecule has 0 aromatic rings. The van der Waals surface area contributed by atoms with E-state index in [2.05, 4.69) is 106 Å². The third-order valence-corrected chi connectivity index (χ3v) is 12.6. The lowest BCUT2D eigenvalue weighted by atomic mass is 10.0.